The second-order valence-corrected chi connectivity index (χ2v) is 4.36. The molecule has 2 heterocycles. The zero-order valence-corrected chi connectivity index (χ0v) is 11.5. The number of aromatic nitrogens is 2. The molecule has 0 amide bonds. The third-order valence-electron chi connectivity index (χ3n) is 2.88. The molecular formula is C15H16N2O3. The molecule has 0 atom stereocenters. The van der Waals surface area contributed by atoms with Gasteiger partial charge >= 0.3 is 5.97 Å². The minimum Gasteiger partial charge on any atom is -0.462 e. The second kappa shape index (κ2) is 5.69. The molecule has 0 aliphatic rings. The number of pyridine rings is 2. The van der Waals surface area contributed by atoms with E-state index < -0.39 is 5.97 Å². The Hall–Kier alpha value is -2.43. The highest BCUT2D eigenvalue weighted by atomic mass is 16.5. The average Bonchev–Trinajstić information content (AvgIpc) is 2.42. The topological polar surface area (TPSA) is 61.2 Å². The van der Waals surface area contributed by atoms with Crippen LogP contribution >= 0.6 is 0 Å². The van der Waals surface area contributed by atoms with Crippen LogP contribution in [-0.4, -0.2) is 22.1 Å². The quantitative estimate of drug-likeness (QED) is 0.631. The van der Waals surface area contributed by atoms with Gasteiger partial charge in [-0.1, -0.05) is 6.08 Å². The van der Waals surface area contributed by atoms with Crippen molar-refractivity contribution in [2.75, 3.05) is 6.61 Å². The number of rotatable bonds is 4. The predicted octanol–water partition coefficient (Wildman–Crippen LogP) is 2.07. The van der Waals surface area contributed by atoms with E-state index in [1.54, 1.807) is 29.7 Å². The summed E-state index contributed by atoms with van der Waals surface area (Å²) >= 11 is 0. The van der Waals surface area contributed by atoms with E-state index in [1.165, 1.54) is 6.20 Å². The summed E-state index contributed by atoms with van der Waals surface area (Å²) in [5.74, 6) is -0.613. The van der Waals surface area contributed by atoms with E-state index in [0.29, 0.717) is 17.6 Å². The Morgan fingerprint density at radius 3 is 2.90 bits per heavy atom. The highest BCUT2D eigenvalue weighted by molar-refractivity contribution is 5.93. The van der Waals surface area contributed by atoms with Crippen molar-refractivity contribution < 1.29 is 9.53 Å². The summed E-state index contributed by atoms with van der Waals surface area (Å²) in [6, 6.07) is 3.43. The van der Waals surface area contributed by atoms with Gasteiger partial charge in [0.2, 0.25) is 5.43 Å². The van der Waals surface area contributed by atoms with E-state index in [-0.39, 0.29) is 17.6 Å². The number of carbonyl (C=O) groups excluding carboxylic acids is 1. The summed E-state index contributed by atoms with van der Waals surface area (Å²) in [5.41, 5.74) is 1.01. The fourth-order valence-electron chi connectivity index (χ4n) is 1.99. The predicted molar refractivity (Wildman–Crippen MR) is 76.9 cm³/mol. The van der Waals surface area contributed by atoms with Gasteiger partial charge in [0, 0.05) is 18.4 Å². The third-order valence-corrected chi connectivity index (χ3v) is 2.88. The monoisotopic (exact) mass is 272 g/mol. The number of hydrogen-bond donors (Lipinski definition) is 0. The van der Waals surface area contributed by atoms with Crippen LogP contribution in [0.3, 0.4) is 0 Å². The number of fused-ring (bicyclic) bond motifs is 1. The fourth-order valence-corrected chi connectivity index (χ4v) is 1.99. The lowest BCUT2D eigenvalue weighted by Gasteiger charge is -2.11. The van der Waals surface area contributed by atoms with Crippen LogP contribution in [0, 0.1) is 6.92 Å². The average molecular weight is 272 g/mol. The molecule has 0 aromatic carbocycles. The Morgan fingerprint density at radius 2 is 2.25 bits per heavy atom. The molecule has 0 aliphatic heterocycles. The zero-order chi connectivity index (χ0) is 14.7. The van der Waals surface area contributed by atoms with Crippen LogP contribution < -0.4 is 5.43 Å². The molecule has 0 saturated heterocycles. The van der Waals surface area contributed by atoms with Gasteiger partial charge in [-0.05, 0) is 26.0 Å². The van der Waals surface area contributed by atoms with Crippen molar-refractivity contribution >= 4 is 17.0 Å². The van der Waals surface area contributed by atoms with Crippen molar-refractivity contribution in [2.24, 2.45) is 0 Å². The van der Waals surface area contributed by atoms with Gasteiger partial charge < -0.3 is 9.30 Å². The smallest absolute Gasteiger partial charge is 0.343 e. The van der Waals surface area contributed by atoms with Crippen LogP contribution in [0.25, 0.3) is 11.0 Å². The minimum atomic E-state index is -0.613. The fraction of sp³-hybridized carbons (Fsp3) is 0.267. The van der Waals surface area contributed by atoms with Crippen molar-refractivity contribution in [1.29, 1.82) is 0 Å². The Morgan fingerprint density at radius 1 is 1.50 bits per heavy atom. The lowest BCUT2D eigenvalue weighted by atomic mass is 10.2. The summed E-state index contributed by atoms with van der Waals surface area (Å²) < 4.78 is 6.64. The molecule has 5 heteroatoms. The number of allylic oxidation sites excluding steroid dienone is 1. The summed E-state index contributed by atoms with van der Waals surface area (Å²) in [4.78, 5) is 28.5. The van der Waals surface area contributed by atoms with Gasteiger partial charge in [0.25, 0.3) is 0 Å². The van der Waals surface area contributed by atoms with Crippen molar-refractivity contribution in [1.82, 2.24) is 9.55 Å². The number of carbonyl (C=O) groups is 1. The van der Waals surface area contributed by atoms with Gasteiger partial charge in [-0.2, -0.15) is 0 Å². The van der Waals surface area contributed by atoms with Crippen LogP contribution in [0.15, 0.2) is 35.8 Å². The van der Waals surface area contributed by atoms with Crippen molar-refractivity contribution in [3.63, 3.8) is 0 Å². The molecule has 0 bridgehead atoms. The van der Waals surface area contributed by atoms with Gasteiger partial charge in [-0.15, -0.1) is 6.58 Å². The molecule has 104 valence electrons. The van der Waals surface area contributed by atoms with Gasteiger partial charge in [0.15, 0.2) is 0 Å². The van der Waals surface area contributed by atoms with Crippen molar-refractivity contribution in [3.05, 3.63) is 52.5 Å². The molecule has 0 saturated carbocycles. The number of esters is 1. The molecule has 0 spiro atoms. The van der Waals surface area contributed by atoms with Crippen LogP contribution in [0.4, 0.5) is 0 Å². The Labute approximate surface area is 116 Å². The second-order valence-electron chi connectivity index (χ2n) is 4.36. The van der Waals surface area contributed by atoms with Crippen molar-refractivity contribution in [2.45, 2.75) is 20.4 Å². The Balaban J connectivity index is 2.76. The molecule has 5 nitrogen and oxygen atoms in total. The highest BCUT2D eigenvalue weighted by Crippen LogP contribution is 2.11. The normalized spacial score (nSPS) is 10.5. The first-order valence-electron chi connectivity index (χ1n) is 6.37. The molecular weight excluding hydrogens is 256 g/mol. The lowest BCUT2D eigenvalue weighted by molar-refractivity contribution is 0.0524. The molecule has 0 aliphatic carbocycles. The molecule has 0 N–H and O–H groups in total. The van der Waals surface area contributed by atoms with E-state index in [2.05, 4.69) is 11.6 Å². The van der Waals surface area contributed by atoms with Crippen LogP contribution in [0.5, 0.6) is 0 Å². The largest absolute Gasteiger partial charge is 0.462 e. The van der Waals surface area contributed by atoms with Gasteiger partial charge in [0.05, 0.1) is 12.0 Å². The standard InChI is InChI=1S/C15H16N2O3/c1-4-8-17-9-12(15(19)20-5-2)13(18)11-7-6-10(3)16-14(11)17/h4,6-7,9H,1,5,8H2,2-3H3. The van der Waals surface area contributed by atoms with E-state index in [0.717, 1.165) is 5.69 Å². The number of ether oxygens (including phenoxy) is 1. The molecule has 2 rings (SSSR count). The SMILES string of the molecule is C=CCn1cc(C(=O)OCC)c(=O)c2ccc(C)nc21. The van der Waals surface area contributed by atoms with Crippen LogP contribution in [-0.2, 0) is 11.3 Å². The molecule has 0 unspecified atom stereocenters. The lowest BCUT2D eigenvalue weighted by Crippen LogP contribution is -2.21. The van der Waals surface area contributed by atoms with Crippen molar-refractivity contribution in [3.8, 4) is 0 Å². The summed E-state index contributed by atoms with van der Waals surface area (Å²) in [7, 11) is 0. The van der Waals surface area contributed by atoms with E-state index in [1.807, 2.05) is 6.92 Å². The van der Waals surface area contributed by atoms with Gasteiger partial charge in [-0.25, -0.2) is 9.78 Å². The summed E-state index contributed by atoms with van der Waals surface area (Å²) in [6.07, 6.45) is 3.17. The Kier molecular flexibility index (Phi) is 3.98. The van der Waals surface area contributed by atoms with E-state index in [9.17, 15) is 9.59 Å². The molecule has 0 fully saturated rings. The molecule has 2 aromatic rings. The zero-order valence-electron chi connectivity index (χ0n) is 11.5. The first-order valence-corrected chi connectivity index (χ1v) is 6.37. The molecule has 0 radical (unpaired) electrons. The number of aryl methyl sites for hydroxylation is 1. The summed E-state index contributed by atoms with van der Waals surface area (Å²) in [5, 5.41) is 0.406. The molecule has 2 aromatic heterocycles. The summed E-state index contributed by atoms with van der Waals surface area (Å²) in [6.45, 7) is 7.91. The third kappa shape index (κ3) is 2.47. The maximum atomic E-state index is 12.3. The Bertz CT molecular complexity index is 732. The first kappa shape index (κ1) is 14.0. The van der Waals surface area contributed by atoms with Crippen LogP contribution in [0.2, 0.25) is 0 Å². The maximum absolute atomic E-state index is 12.3. The maximum Gasteiger partial charge on any atom is 0.343 e. The highest BCUT2D eigenvalue weighted by Gasteiger charge is 2.16. The number of hydrogen-bond acceptors (Lipinski definition) is 4. The minimum absolute atomic E-state index is 0.0202. The van der Waals surface area contributed by atoms with E-state index >= 15 is 0 Å². The number of nitrogens with zero attached hydrogens (tertiary/aromatic N) is 2. The van der Waals surface area contributed by atoms with E-state index in [4.69, 9.17) is 4.74 Å². The first-order chi connectivity index (χ1) is 9.58. The molecule has 20 heavy (non-hydrogen) atoms. The van der Waals surface area contributed by atoms with Gasteiger partial charge in [0.1, 0.15) is 11.2 Å². The van der Waals surface area contributed by atoms with Crippen LogP contribution in [0.1, 0.15) is 23.0 Å². The van der Waals surface area contributed by atoms with Gasteiger partial charge in [-0.3, -0.25) is 4.79 Å².